The summed E-state index contributed by atoms with van der Waals surface area (Å²) in [6, 6.07) is 9.94. The van der Waals surface area contributed by atoms with Crippen LogP contribution in [0.15, 0.2) is 47.6 Å². The van der Waals surface area contributed by atoms with E-state index in [1.807, 2.05) is 24.3 Å². The van der Waals surface area contributed by atoms with Crippen LogP contribution >= 0.6 is 11.8 Å². The molecule has 168 valence electrons. The smallest absolute Gasteiger partial charge is 0.417 e. The van der Waals surface area contributed by atoms with E-state index in [0.717, 1.165) is 48.4 Å². The van der Waals surface area contributed by atoms with Gasteiger partial charge in [0.2, 0.25) is 5.91 Å². The van der Waals surface area contributed by atoms with E-state index in [9.17, 15) is 18.0 Å². The van der Waals surface area contributed by atoms with Gasteiger partial charge >= 0.3 is 6.18 Å². The summed E-state index contributed by atoms with van der Waals surface area (Å²) in [4.78, 5) is 18.4. The summed E-state index contributed by atoms with van der Waals surface area (Å²) in [6.45, 7) is 3.20. The van der Waals surface area contributed by atoms with Gasteiger partial charge in [-0.2, -0.15) is 13.2 Å². The molecule has 2 aromatic rings. The Labute approximate surface area is 183 Å². The quantitative estimate of drug-likeness (QED) is 0.616. The molecule has 1 atom stereocenters. The maximum Gasteiger partial charge on any atom is 0.417 e. The van der Waals surface area contributed by atoms with Gasteiger partial charge in [-0.05, 0) is 29.8 Å². The second-order valence-electron chi connectivity index (χ2n) is 6.91. The van der Waals surface area contributed by atoms with Gasteiger partial charge in [-0.25, -0.2) is 4.98 Å². The van der Waals surface area contributed by atoms with Crippen molar-refractivity contribution in [3.05, 3.63) is 53.7 Å². The van der Waals surface area contributed by atoms with Gasteiger partial charge in [0.15, 0.2) is 0 Å². The van der Waals surface area contributed by atoms with E-state index in [-0.39, 0.29) is 17.7 Å². The van der Waals surface area contributed by atoms with Crippen LogP contribution in [0, 0.1) is 0 Å². The zero-order chi connectivity index (χ0) is 22.3. The van der Waals surface area contributed by atoms with Crippen LogP contribution in [0.5, 0.6) is 5.75 Å². The number of morpholine rings is 1. The number of halogens is 3. The van der Waals surface area contributed by atoms with Crippen molar-refractivity contribution in [1.29, 1.82) is 0 Å². The fourth-order valence-corrected chi connectivity index (χ4v) is 3.88. The van der Waals surface area contributed by atoms with Crippen molar-refractivity contribution in [2.75, 3.05) is 45.7 Å². The van der Waals surface area contributed by atoms with Crippen LogP contribution in [0.25, 0.3) is 0 Å². The minimum Gasteiger partial charge on any atom is -0.497 e. The Morgan fingerprint density at radius 1 is 1.23 bits per heavy atom. The van der Waals surface area contributed by atoms with Crippen LogP contribution in [0.3, 0.4) is 0 Å². The number of thioether (sulfide) groups is 1. The summed E-state index contributed by atoms with van der Waals surface area (Å²) in [6.07, 6.45) is -3.65. The summed E-state index contributed by atoms with van der Waals surface area (Å²) in [5.41, 5.74) is 0.245. The Hall–Kier alpha value is -2.30. The molecular formula is C21H24F3N3O3S. The Kier molecular flexibility index (Phi) is 8.16. The second-order valence-corrected chi connectivity index (χ2v) is 7.91. The van der Waals surface area contributed by atoms with Crippen LogP contribution < -0.4 is 10.1 Å². The molecule has 1 aliphatic heterocycles. The van der Waals surface area contributed by atoms with Gasteiger partial charge in [0.05, 0.1) is 42.7 Å². The van der Waals surface area contributed by atoms with Gasteiger partial charge in [0, 0.05) is 25.8 Å². The molecule has 1 saturated heterocycles. The molecule has 0 bridgehead atoms. The van der Waals surface area contributed by atoms with Crippen molar-refractivity contribution in [3.8, 4) is 5.75 Å². The van der Waals surface area contributed by atoms with Crippen molar-refractivity contribution in [2.24, 2.45) is 0 Å². The van der Waals surface area contributed by atoms with Crippen LogP contribution in [-0.4, -0.2) is 61.5 Å². The number of rotatable bonds is 8. The number of benzene rings is 1. The summed E-state index contributed by atoms with van der Waals surface area (Å²) >= 11 is 1.10. The van der Waals surface area contributed by atoms with Crippen molar-refractivity contribution in [2.45, 2.75) is 17.2 Å². The number of methoxy groups -OCH3 is 1. The molecule has 1 aromatic carbocycles. The summed E-state index contributed by atoms with van der Waals surface area (Å²) in [5.74, 6) is 0.615. The number of carbonyl (C=O) groups is 1. The lowest BCUT2D eigenvalue weighted by Gasteiger charge is -2.35. The molecule has 2 heterocycles. The molecule has 1 amide bonds. The van der Waals surface area contributed by atoms with E-state index in [1.165, 1.54) is 6.07 Å². The normalized spacial score (nSPS) is 16.0. The predicted octanol–water partition coefficient (Wildman–Crippen LogP) is 3.39. The Balaban J connectivity index is 1.56. The van der Waals surface area contributed by atoms with E-state index in [4.69, 9.17) is 9.47 Å². The number of nitrogens with zero attached hydrogens (tertiary/aromatic N) is 2. The van der Waals surface area contributed by atoms with Gasteiger partial charge in [0.1, 0.15) is 5.75 Å². The minimum absolute atomic E-state index is 0.0204. The molecule has 0 radical (unpaired) electrons. The molecule has 1 aromatic heterocycles. The third kappa shape index (κ3) is 6.84. The molecule has 0 saturated carbocycles. The molecule has 1 unspecified atom stereocenters. The molecule has 1 aliphatic rings. The number of carbonyl (C=O) groups excluding carboxylic acids is 1. The number of amides is 1. The van der Waals surface area contributed by atoms with Gasteiger partial charge in [-0.1, -0.05) is 23.9 Å². The van der Waals surface area contributed by atoms with E-state index in [2.05, 4.69) is 15.2 Å². The standard InChI is InChI=1S/C21H24F3N3O3S/c1-29-17-5-2-15(3-6-17)18(27-8-10-30-11-9-27)13-25-19(28)14-31-20-7-4-16(12-26-20)21(22,23)24/h2-7,12,18H,8-11,13-14H2,1H3,(H,25,28). The third-order valence-electron chi connectivity index (χ3n) is 4.89. The van der Waals surface area contributed by atoms with Crippen LogP contribution in [-0.2, 0) is 15.7 Å². The van der Waals surface area contributed by atoms with E-state index >= 15 is 0 Å². The highest BCUT2D eigenvalue weighted by Crippen LogP contribution is 2.29. The predicted molar refractivity (Wildman–Crippen MR) is 111 cm³/mol. The molecule has 0 aliphatic carbocycles. The Morgan fingerprint density at radius 2 is 1.94 bits per heavy atom. The first-order valence-electron chi connectivity index (χ1n) is 9.75. The first kappa shape index (κ1) is 23.4. The number of hydrogen-bond donors (Lipinski definition) is 1. The second kappa shape index (κ2) is 10.8. The van der Waals surface area contributed by atoms with E-state index in [0.29, 0.717) is 24.8 Å². The first-order chi connectivity index (χ1) is 14.9. The lowest BCUT2D eigenvalue weighted by molar-refractivity contribution is -0.137. The van der Waals surface area contributed by atoms with Crippen LogP contribution in [0.2, 0.25) is 0 Å². The zero-order valence-electron chi connectivity index (χ0n) is 17.0. The SMILES string of the molecule is COc1ccc(C(CNC(=O)CSc2ccc(C(F)(F)F)cn2)N2CCOCC2)cc1. The summed E-state index contributed by atoms with van der Waals surface area (Å²) in [7, 11) is 1.61. The number of aromatic nitrogens is 1. The molecule has 31 heavy (non-hydrogen) atoms. The van der Waals surface area contributed by atoms with Crippen molar-refractivity contribution >= 4 is 17.7 Å². The maximum atomic E-state index is 12.6. The number of alkyl halides is 3. The zero-order valence-corrected chi connectivity index (χ0v) is 17.8. The number of nitrogens with one attached hydrogen (secondary N) is 1. The Morgan fingerprint density at radius 3 is 2.52 bits per heavy atom. The Bertz CT molecular complexity index is 842. The molecule has 0 spiro atoms. The highest BCUT2D eigenvalue weighted by atomic mass is 32.2. The van der Waals surface area contributed by atoms with Crippen molar-refractivity contribution in [1.82, 2.24) is 15.2 Å². The fourth-order valence-electron chi connectivity index (χ4n) is 3.21. The topological polar surface area (TPSA) is 63.7 Å². The summed E-state index contributed by atoms with van der Waals surface area (Å²) < 4.78 is 48.5. The average Bonchev–Trinajstić information content (AvgIpc) is 2.78. The van der Waals surface area contributed by atoms with Gasteiger partial charge < -0.3 is 14.8 Å². The van der Waals surface area contributed by atoms with Crippen LogP contribution in [0.1, 0.15) is 17.2 Å². The van der Waals surface area contributed by atoms with Gasteiger partial charge in [-0.3, -0.25) is 9.69 Å². The highest BCUT2D eigenvalue weighted by Gasteiger charge is 2.30. The molecular weight excluding hydrogens is 431 g/mol. The molecule has 3 rings (SSSR count). The minimum atomic E-state index is -4.43. The number of pyridine rings is 1. The third-order valence-corrected chi connectivity index (χ3v) is 5.84. The summed E-state index contributed by atoms with van der Waals surface area (Å²) in [5, 5.41) is 3.30. The lowest BCUT2D eigenvalue weighted by Crippen LogP contribution is -2.44. The van der Waals surface area contributed by atoms with Gasteiger partial charge in [-0.15, -0.1) is 0 Å². The van der Waals surface area contributed by atoms with Gasteiger partial charge in [0.25, 0.3) is 0 Å². The largest absolute Gasteiger partial charge is 0.497 e. The van der Waals surface area contributed by atoms with E-state index in [1.54, 1.807) is 7.11 Å². The lowest BCUT2D eigenvalue weighted by atomic mass is 10.0. The highest BCUT2D eigenvalue weighted by molar-refractivity contribution is 7.99. The fraction of sp³-hybridized carbons (Fsp3) is 0.429. The number of hydrogen-bond acceptors (Lipinski definition) is 6. The van der Waals surface area contributed by atoms with Crippen molar-refractivity contribution < 1.29 is 27.4 Å². The molecule has 6 nitrogen and oxygen atoms in total. The van der Waals surface area contributed by atoms with E-state index < -0.39 is 11.7 Å². The first-order valence-corrected chi connectivity index (χ1v) is 10.7. The molecule has 10 heteroatoms. The molecule has 1 fully saturated rings. The molecule has 1 N–H and O–H groups in total. The van der Waals surface area contributed by atoms with Crippen molar-refractivity contribution in [3.63, 3.8) is 0 Å². The maximum absolute atomic E-state index is 12.6. The number of ether oxygens (including phenoxy) is 2. The average molecular weight is 456 g/mol. The monoisotopic (exact) mass is 455 g/mol. The van der Waals surface area contributed by atoms with Crippen LogP contribution in [0.4, 0.5) is 13.2 Å².